The highest BCUT2D eigenvalue weighted by atomic mass is 16.6. The molecule has 2 atom stereocenters. The summed E-state index contributed by atoms with van der Waals surface area (Å²) < 4.78 is 5.49. The fraction of sp³-hybridized carbons (Fsp3) is 0.625. The fourth-order valence-electron chi connectivity index (χ4n) is 4.03. The molecule has 4 heteroatoms. The normalized spacial score (nSPS) is 23.6. The average Bonchev–Trinajstić information content (AvgIpc) is 3.44. The molecule has 1 amide bonds. The van der Waals surface area contributed by atoms with Crippen molar-refractivity contribution in [3.63, 3.8) is 0 Å². The first-order valence-electron chi connectivity index (χ1n) is 10.8. The highest BCUT2D eigenvalue weighted by Gasteiger charge is 2.39. The zero-order valence-corrected chi connectivity index (χ0v) is 17.9. The van der Waals surface area contributed by atoms with E-state index in [1.54, 1.807) is 5.57 Å². The lowest BCUT2D eigenvalue weighted by molar-refractivity contribution is 0.0184. The molecule has 0 aromatic heterocycles. The number of hydrogen-bond donors (Lipinski definition) is 1. The van der Waals surface area contributed by atoms with Gasteiger partial charge in [0.1, 0.15) is 5.60 Å². The van der Waals surface area contributed by atoms with Crippen LogP contribution in [0.4, 0.5) is 4.79 Å². The maximum absolute atomic E-state index is 12.2. The van der Waals surface area contributed by atoms with Gasteiger partial charge in [-0.05, 0) is 70.4 Å². The van der Waals surface area contributed by atoms with Crippen molar-refractivity contribution in [3.8, 4) is 0 Å². The number of benzene rings is 1. The predicted octanol–water partition coefficient (Wildman–Crippen LogP) is 5.11. The van der Waals surface area contributed by atoms with Crippen molar-refractivity contribution >= 4 is 12.2 Å². The minimum Gasteiger partial charge on any atom is -0.444 e. The quantitative estimate of drug-likeness (QED) is 0.741. The molecule has 1 aromatic rings. The van der Waals surface area contributed by atoms with Gasteiger partial charge in [-0.15, -0.1) is 0 Å². The highest BCUT2D eigenvalue weighted by Crippen LogP contribution is 2.40. The van der Waals surface area contributed by atoms with Crippen molar-refractivity contribution in [2.75, 3.05) is 19.6 Å². The molecule has 3 rings (SSSR count). The van der Waals surface area contributed by atoms with E-state index in [-0.39, 0.29) is 6.09 Å². The number of likely N-dealkylation sites (tertiary alicyclic amines) is 1. The minimum atomic E-state index is -0.416. The topological polar surface area (TPSA) is 41.6 Å². The molecule has 1 aliphatic carbocycles. The third kappa shape index (κ3) is 6.10. The molecular weight excluding hydrogens is 348 g/mol. The maximum Gasteiger partial charge on any atom is 0.410 e. The van der Waals surface area contributed by atoms with E-state index < -0.39 is 5.60 Å². The number of rotatable bonds is 6. The van der Waals surface area contributed by atoms with Crippen LogP contribution >= 0.6 is 0 Å². The van der Waals surface area contributed by atoms with Gasteiger partial charge >= 0.3 is 6.09 Å². The summed E-state index contributed by atoms with van der Waals surface area (Å²) in [6, 6.07) is 11.3. The van der Waals surface area contributed by atoms with Gasteiger partial charge in [0.05, 0.1) is 0 Å². The smallest absolute Gasteiger partial charge is 0.410 e. The number of nitrogens with one attached hydrogen (secondary N) is 1. The van der Waals surface area contributed by atoms with E-state index in [0.717, 1.165) is 38.9 Å². The molecule has 0 radical (unpaired) electrons. The molecule has 28 heavy (non-hydrogen) atoms. The Balaban J connectivity index is 1.40. The van der Waals surface area contributed by atoms with Crippen LogP contribution < -0.4 is 5.32 Å². The molecule has 0 spiro atoms. The third-order valence-corrected chi connectivity index (χ3v) is 5.76. The van der Waals surface area contributed by atoms with E-state index in [2.05, 4.69) is 48.6 Å². The van der Waals surface area contributed by atoms with Crippen LogP contribution in [-0.2, 0) is 4.74 Å². The molecule has 1 aliphatic heterocycles. The first-order valence-corrected chi connectivity index (χ1v) is 10.8. The molecule has 2 fully saturated rings. The second-order valence-corrected chi connectivity index (χ2v) is 9.25. The maximum atomic E-state index is 12.2. The number of nitrogens with zero attached hydrogens (tertiary/aromatic N) is 1. The molecular formula is C24H36N2O2. The zero-order chi connectivity index (χ0) is 20.1. The van der Waals surface area contributed by atoms with Gasteiger partial charge < -0.3 is 15.0 Å². The van der Waals surface area contributed by atoms with E-state index in [1.165, 1.54) is 12.0 Å². The van der Waals surface area contributed by atoms with Crippen LogP contribution in [0.5, 0.6) is 0 Å². The number of carbonyl (C=O) groups is 1. The molecule has 1 saturated carbocycles. The van der Waals surface area contributed by atoms with Gasteiger partial charge in [0.15, 0.2) is 0 Å². The Kier molecular flexibility index (Phi) is 6.82. The lowest BCUT2D eigenvalue weighted by Crippen LogP contribution is -2.43. The van der Waals surface area contributed by atoms with Crippen molar-refractivity contribution in [3.05, 3.63) is 41.5 Å². The number of piperidine rings is 1. The molecule has 1 N–H and O–H groups in total. The number of hydrogen-bond acceptors (Lipinski definition) is 3. The molecule has 4 nitrogen and oxygen atoms in total. The second kappa shape index (κ2) is 9.13. The largest absolute Gasteiger partial charge is 0.444 e. The summed E-state index contributed by atoms with van der Waals surface area (Å²) in [4.78, 5) is 14.0. The van der Waals surface area contributed by atoms with Crippen LogP contribution in [-0.4, -0.2) is 42.3 Å². The molecule has 2 unspecified atom stereocenters. The van der Waals surface area contributed by atoms with Crippen molar-refractivity contribution in [2.24, 2.45) is 11.8 Å². The Hall–Kier alpha value is -1.81. The summed E-state index contributed by atoms with van der Waals surface area (Å²) in [5.74, 6) is 1.34. The zero-order valence-electron chi connectivity index (χ0n) is 17.9. The fourth-order valence-corrected chi connectivity index (χ4v) is 4.03. The monoisotopic (exact) mass is 384 g/mol. The summed E-state index contributed by atoms with van der Waals surface area (Å²) in [6.07, 6.45) is 6.69. The summed E-state index contributed by atoms with van der Waals surface area (Å²) >= 11 is 0. The van der Waals surface area contributed by atoms with Gasteiger partial charge in [-0.25, -0.2) is 4.79 Å². The summed E-state index contributed by atoms with van der Waals surface area (Å²) in [6.45, 7) is 10.7. The Morgan fingerprint density at radius 3 is 2.50 bits per heavy atom. The Morgan fingerprint density at radius 2 is 1.89 bits per heavy atom. The number of ether oxygens (including phenoxy) is 1. The predicted molar refractivity (Wildman–Crippen MR) is 115 cm³/mol. The lowest BCUT2D eigenvalue weighted by atomic mass is 9.97. The molecule has 1 heterocycles. The van der Waals surface area contributed by atoms with E-state index in [0.29, 0.717) is 17.9 Å². The van der Waals surface area contributed by atoms with Gasteiger partial charge in [-0.1, -0.05) is 48.9 Å². The lowest BCUT2D eigenvalue weighted by Gasteiger charge is -2.33. The Bertz CT molecular complexity index is 670. The SMILES string of the molecule is CCC(=Cc1ccccc1)C1CC1NCC1CCN(C(=O)OC(C)(C)C)CC1. The Morgan fingerprint density at radius 1 is 1.21 bits per heavy atom. The summed E-state index contributed by atoms with van der Waals surface area (Å²) in [5.41, 5.74) is 2.45. The number of carbonyl (C=O) groups excluding carboxylic acids is 1. The van der Waals surface area contributed by atoms with Crippen molar-refractivity contribution < 1.29 is 9.53 Å². The summed E-state index contributed by atoms with van der Waals surface area (Å²) in [7, 11) is 0. The average molecular weight is 385 g/mol. The van der Waals surface area contributed by atoms with Crippen LogP contribution in [0.25, 0.3) is 6.08 Å². The van der Waals surface area contributed by atoms with Gasteiger partial charge in [0.2, 0.25) is 0 Å². The van der Waals surface area contributed by atoms with Gasteiger partial charge in [0, 0.05) is 19.1 Å². The van der Waals surface area contributed by atoms with Crippen molar-refractivity contribution in [2.45, 2.75) is 65.0 Å². The van der Waals surface area contributed by atoms with Gasteiger partial charge in [-0.2, -0.15) is 0 Å². The second-order valence-electron chi connectivity index (χ2n) is 9.25. The van der Waals surface area contributed by atoms with Crippen LogP contribution in [0, 0.1) is 11.8 Å². The van der Waals surface area contributed by atoms with E-state index in [9.17, 15) is 4.79 Å². The van der Waals surface area contributed by atoms with Crippen molar-refractivity contribution in [1.82, 2.24) is 10.2 Å². The standard InChI is InChI=1S/C24H36N2O2/c1-5-20(15-18-9-7-6-8-10-18)21-16-22(21)25-17-19-11-13-26(14-12-19)23(27)28-24(2,3)4/h6-10,15,19,21-22,25H,5,11-14,16-17H2,1-4H3. The first-order chi connectivity index (χ1) is 13.4. The number of amides is 1. The first kappa shape index (κ1) is 20.9. The van der Waals surface area contributed by atoms with Crippen LogP contribution in [0.1, 0.15) is 58.9 Å². The Labute approximate surface area is 170 Å². The molecule has 1 saturated heterocycles. The van der Waals surface area contributed by atoms with Crippen LogP contribution in [0.2, 0.25) is 0 Å². The van der Waals surface area contributed by atoms with Gasteiger partial charge in [-0.3, -0.25) is 0 Å². The van der Waals surface area contributed by atoms with E-state index in [4.69, 9.17) is 4.74 Å². The van der Waals surface area contributed by atoms with E-state index >= 15 is 0 Å². The van der Waals surface area contributed by atoms with Crippen LogP contribution in [0.15, 0.2) is 35.9 Å². The van der Waals surface area contributed by atoms with Crippen molar-refractivity contribution in [1.29, 1.82) is 0 Å². The highest BCUT2D eigenvalue weighted by molar-refractivity contribution is 5.68. The van der Waals surface area contributed by atoms with E-state index in [1.807, 2.05) is 25.7 Å². The minimum absolute atomic E-state index is 0.167. The molecule has 1 aromatic carbocycles. The van der Waals surface area contributed by atoms with Crippen LogP contribution in [0.3, 0.4) is 0 Å². The third-order valence-electron chi connectivity index (χ3n) is 5.76. The molecule has 0 bridgehead atoms. The van der Waals surface area contributed by atoms with Gasteiger partial charge in [0.25, 0.3) is 0 Å². The molecule has 2 aliphatic rings. The molecule has 154 valence electrons. The summed E-state index contributed by atoms with van der Waals surface area (Å²) in [5, 5.41) is 3.78.